The summed E-state index contributed by atoms with van der Waals surface area (Å²) >= 11 is 3.04. The summed E-state index contributed by atoms with van der Waals surface area (Å²) in [5, 5.41) is 2.67. The van der Waals surface area contributed by atoms with E-state index >= 15 is 0 Å². The first-order valence-electron chi connectivity index (χ1n) is 6.47. The third kappa shape index (κ3) is 3.47. The molecule has 0 bridgehead atoms. The Morgan fingerprint density at radius 2 is 1.86 bits per heavy atom. The number of nitrogens with zero attached hydrogens (tertiary/aromatic N) is 2. The van der Waals surface area contributed by atoms with Crippen LogP contribution in [-0.2, 0) is 6.42 Å². The Labute approximate surface area is 129 Å². The van der Waals surface area contributed by atoms with Gasteiger partial charge in [-0.25, -0.2) is 18.7 Å². The first-order valence-corrected chi connectivity index (χ1v) is 7.26. The molecule has 0 aliphatic carbocycles. The van der Waals surface area contributed by atoms with Crippen LogP contribution in [-0.4, -0.2) is 9.97 Å². The van der Waals surface area contributed by atoms with Gasteiger partial charge in [0.25, 0.3) is 0 Å². The minimum Gasteiger partial charge on any atom is -0.383 e. The van der Waals surface area contributed by atoms with Crippen LogP contribution in [0.4, 0.5) is 26.1 Å². The first kappa shape index (κ1) is 15.6. The summed E-state index contributed by atoms with van der Waals surface area (Å²) in [6.07, 6.45) is 1.49. The highest BCUT2D eigenvalue weighted by Gasteiger charge is 2.15. The van der Waals surface area contributed by atoms with Crippen LogP contribution in [0.5, 0.6) is 0 Å². The van der Waals surface area contributed by atoms with Gasteiger partial charge in [0, 0.05) is 16.5 Å². The number of aryl methyl sites for hydroxylation is 1. The third-order valence-corrected chi connectivity index (χ3v) is 3.41. The zero-order valence-electron chi connectivity index (χ0n) is 11.7. The van der Waals surface area contributed by atoms with Gasteiger partial charge < -0.3 is 11.1 Å². The van der Waals surface area contributed by atoms with E-state index in [4.69, 9.17) is 5.73 Å². The topological polar surface area (TPSA) is 63.8 Å². The lowest BCUT2D eigenvalue weighted by molar-refractivity contribution is 0.589. The number of hydrogen-bond acceptors (Lipinski definition) is 4. The van der Waals surface area contributed by atoms with E-state index in [-0.39, 0.29) is 5.69 Å². The molecule has 0 saturated heterocycles. The second kappa shape index (κ2) is 6.34. The Morgan fingerprint density at radius 1 is 1.24 bits per heavy atom. The van der Waals surface area contributed by atoms with E-state index in [0.717, 1.165) is 6.42 Å². The van der Waals surface area contributed by atoms with Crippen LogP contribution in [0, 0.1) is 18.6 Å². The fourth-order valence-corrected chi connectivity index (χ4v) is 2.22. The lowest BCUT2D eigenvalue weighted by Gasteiger charge is -2.13. The van der Waals surface area contributed by atoms with E-state index in [1.165, 1.54) is 12.1 Å². The van der Waals surface area contributed by atoms with Crippen molar-refractivity contribution < 1.29 is 8.78 Å². The molecule has 1 aromatic carbocycles. The quantitative estimate of drug-likeness (QED) is 0.865. The summed E-state index contributed by atoms with van der Waals surface area (Å²) in [6.45, 7) is 3.68. The van der Waals surface area contributed by atoms with E-state index in [1.54, 1.807) is 6.92 Å². The largest absolute Gasteiger partial charge is 0.383 e. The lowest BCUT2D eigenvalue weighted by Crippen LogP contribution is -2.08. The molecule has 0 unspecified atom stereocenters. The Kier molecular flexibility index (Phi) is 4.72. The van der Waals surface area contributed by atoms with Crippen LogP contribution in [0.2, 0.25) is 0 Å². The van der Waals surface area contributed by atoms with Crippen molar-refractivity contribution in [3.8, 4) is 0 Å². The molecule has 4 nitrogen and oxygen atoms in total. The smallest absolute Gasteiger partial charge is 0.150 e. The number of nitrogen functional groups attached to an aromatic ring is 1. The second-order valence-electron chi connectivity index (χ2n) is 4.62. The van der Waals surface area contributed by atoms with Gasteiger partial charge in [0.2, 0.25) is 0 Å². The summed E-state index contributed by atoms with van der Waals surface area (Å²) in [4.78, 5) is 8.43. The van der Waals surface area contributed by atoms with Gasteiger partial charge in [0.1, 0.15) is 23.1 Å². The van der Waals surface area contributed by atoms with Crippen LogP contribution >= 0.6 is 15.9 Å². The summed E-state index contributed by atoms with van der Waals surface area (Å²) < 4.78 is 28.1. The molecular weight excluding hydrogens is 342 g/mol. The summed E-state index contributed by atoms with van der Waals surface area (Å²) in [6, 6.07) is 2.36. The number of benzene rings is 1. The minimum atomic E-state index is -0.712. The van der Waals surface area contributed by atoms with Crippen molar-refractivity contribution in [1.82, 2.24) is 9.97 Å². The zero-order valence-corrected chi connectivity index (χ0v) is 13.3. The molecular formula is C14H15BrF2N4. The molecule has 0 aliphatic heterocycles. The number of rotatable bonds is 4. The second-order valence-corrected chi connectivity index (χ2v) is 5.53. The van der Waals surface area contributed by atoms with Crippen molar-refractivity contribution in [3.05, 3.63) is 39.6 Å². The number of anilines is 3. The van der Waals surface area contributed by atoms with Crippen molar-refractivity contribution in [2.24, 2.45) is 0 Å². The van der Waals surface area contributed by atoms with Gasteiger partial charge in [-0.1, -0.05) is 22.9 Å². The Morgan fingerprint density at radius 3 is 2.43 bits per heavy atom. The molecule has 0 aliphatic rings. The summed E-state index contributed by atoms with van der Waals surface area (Å²) in [5.74, 6) is -0.271. The van der Waals surface area contributed by atoms with Crippen LogP contribution < -0.4 is 11.1 Å². The zero-order chi connectivity index (χ0) is 15.6. The van der Waals surface area contributed by atoms with E-state index in [9.17, 15) is 8.78 Å². The van der Waals surface area contributed by atoms with Gasteiger partial charge in [-0.2, -0.15) is 0 Å². The maximum Gasteiger partial charge on any atom is 0.150 e. The standard InChI is InChI=1S/C14H15BrF2N4/c1-3-4-11-19-13(18)7(2)14(20-11)21-12-9(16)5-8(15)6-10(12)17/h5-6H,3-4H2,1-2H3,(H3,18,19,20,21). The average molecular weight is 357 g/mol. The number of aromatic nitrogens is 2. The highest BCUT2D eigenvalue weighted by molar-refractivity contribution is 9.10. The summed E-state index contributed by atoms with van der Waals surface area (Å²) in [7, 11) is 0. The average Bonchev–Trinajstić information content (AvgIpc) is 2.39. The van der Waals surface area contributed by atoms with Gasteiger partial charge in [-0.15, -0.1) is 0 Å². The van der Waals surface area contributed by atoms with Crippen molar-refractivity contribution in [2.75, 3.05) is 11.1 Å². The lowest BCUT2D eigenvalue weighted by atomic mass is 10.2. The van der Waals surface area contributed by atoms with Crippen LogP contribution in [0.3, 0.4) is 0 Å². The molecule has 2 rings (SSSR count). The Balaban J connectivity index is 2.44. The fourth-order valence-electron chi connectivity index (χ4n) is 1.82. The molecule has 21 heavy (non-hydrogen) atoms. The maximum atomic E-state index is 13.9. The molecule has 1 aromatic heterocycles. The highest BCUT2D eigenvalue weighted by atomic mass is 79.9. The monoisotopic (exact) mass is 356 g/mol. The molecule has 112 valence electrons. The fraction of sp³-hybridized carbons (Fsp3) is 0.286. The Bertz CT molecular complexity index is 653. The van der Waals surface area contributed by atoms with Crippen LogP contribution in [0.25, 0.3) is 0 Å². The van der Waals surface area contributed by atoms with Crippen LogP contribution in [0.15, 0.2) is 16.6 Å². The summed E-state index contributed by atoms with van der Waals surface area (Å²) in [5.41, 5.74) is 6.11. The van der Waals surface area contributed by atoms with Gasteiger partial charge in [0.05, 0.1) is 0 Å². The molecule has 2 aromatic rings. The van der Waals surface area contributed by atoms with Gasteiger partial charge in [-0.3, -0.25) is 0 Å². The van der Waals surface area contributed by atoms with Crippen molar-refractivity contribution >= 4 is 33.3 Å². The van der Waals surface area contributed by atoms with Crippen molar-refractivity contribution in [1.29, 1.82) is 0 Å². The molecule has 0 atom stereocenters. The predicted molar refractivity (Wildman–Crippen MR) is 82.5 cm³/mol. The third-order valence-electron chi connectivity index (χ3n) is 2.95. The number of nitrogens with two attached hydrogens (primary N) is 1. The first-order chi connectivity index (χ1) is 9.92. The molecule has 3 N–H and O–H groups in total. The normalized spacial score (nSPS) is 10.7. The molecule has 0 fully saturated rings. The molecule has 7 heteroatoms. The van der Waals surface area contributed by atoms with Gasteiger partial charge in [0.15, 0.2) is 11.6 Å². The van der Waals surface area contributed by atoms with E-state index in [1.807, 2.05) is 6.92 Å². The molecule has 0 radical (unpaired) electrons. The molecule has 1 heterocycles. The number of halogens is 3. The number of nitrogens with one attached hydrogen (secondary N) is 1. The van der Waals surface area contributed by atoms with Crippen molar-refractivity contribution in [3.63, 3.8) is 0 Å². The molecule has 0 saturated carbocycles. The SMILES string of the molecule is CCCc1nc(N)c(C)c(Nc2c(F)cc(Br)cc2F)n1. The molecule has 0 amide bonds. The van der Waals surface area contributed by atoms with E-state index in [2.05, 4.69) is 31.2 Å². The van der Waals surface area contributed by atoms with Crippen LogP contribution in [0.1, 0.15) is 24.7 Å². The van der Waals surface area contributed by atoms with E-state index in [0.29, 0.717) is 33.9 Å². The maximum absolute atomic E-state index is 13.9. The highest BCUT2D eigenvalue weighted by Crippen LogP contribution is 2.28. The minimum absolute atomic E-state index is 0.262. The van der Waals surface area contributed by atoms with Gasteiger partial charge >= 0.3 is 0 Å². The predicted octanol–water partition coefficient (Wildman–Crippen LogP) is 4.10. The number of hydrogen-bond donors (Lipinski definition) is 2. The molecule has 0 spiro atoms. The van der Waals surface area contributed by atoms with Gasteiger partial charge in [-0.05, 0) is 25.5 Å². The Hall–Kier alpha value is -1.76. The van der Waals surface area contributed by atoms with E-state index < -0.39 is 11.6 Å². The van der Waals surface area contributed by atoms with Crippen molar-refractivity contribution in [2.45, 2.75) is 26.7 Å².